The molecule has 1 heterocycles. The van der Waals surface area contributed by atoms with Gasteiger partial charge >= 0.3 is 0 Å². The molecule has 0 aliphatic carbocycles. The fourth-order valence-corrected chi connectivity index (χ4v) is 2.97. The van der Waals surface area contributed by atoms with Crippen LogP contribution < -0.4 is 5.73 Å². The van der Waals surface area contributed by atoms with E-state index in [9.17, 15) is 0 Å². The van der Waals surface area contributed by atoms with Gasteiger partial charge in [-0.05, 0) is 30.2 Å². The summed E-state index contributed by atoms with van der Waals surface area (Å²) in [4.78, 5) is 0. The summed E-state index contributed by atoms with van der Waals surface area (Å²) in [6.07, 6.45) is 2.63. The second-order valence-electron chi connectivity index (χ2n) is 3.13. The summed E-state index contributed by atoms with van der Waals surface area (Å²) in [5.41, 5.74) is 8.18. The molecule has 0 aromatic heterocycles. The van der Waals surface area contributed by atoms with Crippen molar-refractivity contribution >= 4 is 17.4 Å². The van der Waals surface area contributed by atoms with Crippen molar-refractivity contribution in [3.05, 3.63) is 29.8 Å². The molecule has 1 aromatic carbocycles. The molecular weight excluding hydrogens is 166 g/mol. The molecule has 1 aliphatic rings. The van der Waals surface area contributed by atoms with Crippen molar-refractivity contribution in [3.8, 4) is 0 Å². The van der Waals surface area contributed by atoms with E-state index in [0.717, 1.165) is 5.69 Å². The van der Waals surface area contributed by atoms with E-state index in [-0.39, 0.29) is 0 Å². The maximum atomic E-state index is 5.89. The standard InChI is InChI=1S/C10H13NS/c11-9-5-2-1-4-8(9)10-6-3-7-12-10/h1-2,4-5,10H,3,6-7,11H2. The van der Waals surface area contributed by atoms with Gasteiger partial charge in [-0.1, -0.05) is 18.2 Å². The minimum absolute atomic E-state index is 0.659. The molecule has 2 rings (SSSR count). The number of anilines is 1. The molecule has 12 heavy (non-hydrogen) atoms. The lowest BCUT2D eigenvalue weighted by molar-refractivity contribution is 0.831. The van der Waals surface area contributed by atoms with Gasteiger partial charge in [0, 0.05) is 10.9 Å². The van der Waals surface area contributed by atoms with Crippen LogP contribution in [0, 0.1) is 0 Å². The van der Waals surface area contributed by atoms with Gasteiger partial charge in [0.2, 0.25) is 0 Å². The van der Waals surface area contributed by atoms with Crippen LogP contribution in [0.15, 0.2) is 24.3 Å². The van der Waals surface area contributed by atoms with Crippen LogP contribution >= 0.6 is 11.8 Å². The third kappa shape index (κ3) is 1.44. The number of para-hydroxylation sites is 1. The van der Waals surface area contributed by atoms with Crippen LogP contribution in [0.4, 0.5) is 5.69 Å². The van der Waals surface area contributed by atoms with Crippen molar-refractivity contribution in [1.82, 2.24) is 0 Å². The van der Waals surface area contributed by atoms with Crippen molar-refractivity contribution in [2.45, 2.75) is 18.1 Å². The van der Waals surface area contributed by atoms with E-state index in [1.54, 1.807) is 0 Å². The zero-order chi connectivity index (χ0) is 8.39. The first-order chi connectivity index (χ1) is 5.88. The van der Waals surface area contributed by atoms with Gasteiger partial charge in [0.25, 0.3) is 0 Å². The molecule has 64 valence electrons. The Hall–Kier alpha value is -0.630. The normalized spacial score (nSPS) is 22.8. The Morgan fingerprint density at radius 3 is 2.83 bits per heavy atom. The van der Waals surface area contributed by atoms with E-state index in [4.69, 9.17) is 5.73 Å². The molecule has 0 saturated carbocycles. The average molecular weight is 179 g/mol. The van der Waals surface area contributed by atoms with Crippen molar-refractivity contribution in [2.75, 3.05) is 11.5 Å². The van der Waals surface area contributed by atoms with E-state index in [0.29, 0.717) is 5.25 Å². The van der Waals surface area contributed by atoms with Crippen LogP contribution in [-0.4, -0.2) is 5.75 Å². The van der Waals surface area contributed by atoms with Gasteiger partial charge < -0.3 is 5.73 Å². The van der Waals surface area contributed by atoms with Gasteiger partial charge in [0.05, 0.1) is 0 Å². The molecular formula is C10H13NS. The maximum absolute atomic E-state index is 5.89. The maximum Gasteiger partial charge on any atom is 0.0357 e. The molecule has 1 nitrogen and oxygen atoms in total. The highest BCUT2D eigenvalue weighted by Crippen LogP contribution is 2.41. The van der Waals surface area contributed by atoms with Gasteiger partial charge in [0.1, 0.15) is 0 Å². The van der Waals surface area contributed by atoms with Gasteiger partial charge in [-0.2, -0.15) is 11.8 Å². The molecule has 1 fully saturated rings. The zero-order valence-corrected chi connectivity index (χ0v) is 7.81. The predicted molar refractivity (Wildman–Crippen MR) is 55.3 cm³/mol. The van der Waals surface area contributed by atoms with Crippen LogP contribution in [-0.2, 0) is 0 Å². The molecule has 0 spiro atoms. The lowest BCUT2D eigenvalue weighted by atomic mass is 10.1. The first kappa shape index (κ1) is 7.99. The van der Waals surface area contributed by atoms with Gasteiger partial charge in [-0.3, -0.25) is 0 Å². The molecule has 1 aromatic rings. The highest BCUT2D eigenvalue weighted by atomic mass is 32.2. The largest absolute Gasteiger partial charge is 0.398 e. The van der Waals surface area contributed by atoms with Crippen molar-refractivity contribution < 1.29 is 0 Å². The molecule has 1 aliphatic heterocycles. The second kappa shape index (κ2) is 3.40. The number of hydrogen-bond acceptors (Lipinski definition) is 2. The molecule has 0 bridgehead atoms. The van der Waals surface area contributed by atoms with Crippen LogP contribution in [0.5, 0.6) is 0 Å². The predicted octanol–water partition coefficient (Wildman–Crippen LogP) is 2.84. The third-order valence-electron chi connectivity index (χ3n) is 2.27. The molecule has 1 atom stereocenters. The van der Waals surface area contributed by atoms with Crippen molar-refractivity contribution in [1.29, 1.82) is 0 Å². The topological polar surface area (TPSA) is 26.0 Å². The minimum Gasteiger partial charge on any atom is -0.398 e. The van der Waals surface area contributed by atoms with E-state index in [2.05, 4.69) is 12.1 Å². The zero-order valence-electron chi connectivity index (χ0n) is 6.99. The van der Waals surface area contributed by atoms with Crippen molar-refractivity contribution in [2.24, 2.45) is 0 Å². The summed E-state index contributed by atoms with van der Waals surface area (Å²) in [6, 6.07) is 8.22. The number of hydrogen-bond donors (Lipinski definition) is 1. The molecule has 2 N–H and O–H groups in total. The van der Waals surface area contributed by atoms with Crippen LogP contribution in [0.1, 0.15) is 23.7 Å². The lowest BCUT2D eigenvalue weighted by Gasteiger charge is -2.10. The minimum atomic E-state index is 0.659. The Morgan fingerprint density at radius 1 is 1.33 bits per heavy atom. The number of nitrogens with two attached hydrogens (primary N) is 1. The molecule has 0 amide bonds. The summed E-state index contributed by atoms with van der Waals surface area (Å²) >= 11 is 2.03. The Morgan fingerprint density at radius 2 is 2.17 bits per heavy atom. The molecule has 2 heteroatoms. The summed E-state index contributed by atoms with van der Waals surface area (Å²) in [5.74, 6) is 1.29. The van der Waals surface area contributed by atoms with E-state index < -0.39 is 0 Å². The summed E-state index contributed by atoms with van der Waals surface area (Å²) in [6.45, 7) is 0. The monoisotopic (exact) mass is 179 g/mol. The molecule has 1 saturated heterocycles. The third-order valence-corrected chi connectivity index (χ3v) is 3.69. The fourth-order valence-electron chi connectivity index (χ4n) is 1.63. The first-order valence-corrected chi connectivity index (χ1v) is 5.39. The number of thioether (sulfide) groups is 1. The van der Waals surface area contributed by atoms with Gasteiger partial charge in [0.15, 0.2) is 0 Å². The summed E-state index contributed by atoms with van der Waals surface area (Å²) < 4.78 is 0. The highest BCUT2D eigenvalue weighted by Gasteiger charge is 2.18. The first-order valence-electron chi connectivity index (χ1n) is 4.34. The smallest absolute Gasteiger partial charge is 0.0357 e. The van der Waals surface area contributed by atoms with Crippen LogP contribution in [0.2, 0.25) is 0 Å². The lowest BCUT2D eigenvalue weighted by Crippen LogP contribution is -1.95. The SMILES string of the molecule is Nc1ccccc1C1CCCS1. The number of nitrogen functional groups attached to an aromatic ring is 1. The fraction of sp³-hybridized carbons (Fsp3) is 0.400. The Kier molecular flexibility index (Phi) is 2.26. The quantitative estimate of drug-likeness (QED) is 0.671. The highest BCUT2D eigenvalue weighted by molar-refractivity contribution is 7.99. The van der Waals surface area contributed by atoms with E-state index >= 15 is 0 Å². The summed E-state index contributed by atoms with van der Waals surface area (Å²) in [5, 5.41) is 0.659. The Balaban J connectivity index is 2.26. The van der Waals surface area contributed by atoms with Crippen LogP contribution in [0.3, 0.4) is 0 Å². The summed E-state index contributed by atoms with van der Waals surface area (Å²) in [7, 11) is 0. The number of rotatable bonds is 1. The van der Waals surface area contributed by atoms with E-state index in [1.807, 2.05) is 23.9 Å². The van der Waals surface area contributed by atoms with Crippen molar-refractivity contribution in [3.63, 3.8) is 0 Å². The number of benzene rings is 1. The Labute approximate surface area is 77.3 Å². The molecule has 0 radical (unpaired) electrons. The molecule has 1 unspecified atom stereocenters. The van der Waals surface area contributed by atoms with Gasteiger partial charge in [-0.25, -0.2) is 0 Å². The van der Waals surface area contributed by atoms with Gasteiger partial charge in [-0.15, -0.1) is 0 Å². The van der Waals surface area contributed by atoms with E-state index in [1.165, 1.54) is 24.2 Å². The van der Waals surface area contributed by atoms with Crippen LogP contribution in [0.25, 0.3) is 0 Å². The second-order valence-corrected chi connectivity index (χ2v) is 4.44. The Bertz CT molecular complexity index is 266. The average Bonchev–Trinajstić information content (AvgIpc) is 2.57.